The van der Waals surface area contributed by atoms with Crippen LogP contribution in [0, 0.1) is 11.6 Å². The zero-order valence-electron chi connectivity index (χ0n) is 8.92. The van der Waals surface area contributed by atoms with Crippen molar-refractivity contribution < 1.29 is 23.8 Å². The molecule has 0 saturated heterocycles. The fraction of sp³-hybridized carbons (Fsp3) is 0.364. The molecular formula is C11H12F2O3. The van der Waals surface area contributed by atoms with Gasteiger partial charge in [-0.05, 0) is 12.1 Å². The third-order valence-electron chi connectivity index (χ3n) is 2.34. The summed E-state index contributed by atoms with van der Waals surface area (Å²) in [6.45, 7) is 2.81. The molecule has 0 unspecified atom stereocenters. The topological polar surface area (TPSA) is 57.5 Å². The van der Waals surface area contributed by atoms with Gasteiger partial charge in [0.05, 0.1) is 6.42 Å². The summed E-state index contributed by atoms with van der Waals surface area (Å²) in [7, 11) is 0. The molecule has 0 aliphatic heterocycles. The Hall–Kier alpha value is -1.65. The van der Waals surface area contributed by atoms with Gasteiger partial charge in [-0.15, -0.1) is 0 Å². The normalized spacial score (nSPS) is 11.5. The first kappa shape index (κ1) is 12.4. The minimum atomic E-state index is -1.22. The molecule has 88 valence electrons. The number of carboxylic acid groups (broad SMARTS) is 1. The van der Waals surface area contributed by atoms with E-state index in [-0.39, 0.29) is 0 Å². The molecule has 0 saturated carbocycles. The van der Waals surface area contributed by atoms with Crippen molar-refractivity contribution in [2.24, 2.45) is 0 Å². The first-order valence-corrected chi connectivity index (χ1v) is 4.65. The van der Waals surface area contributed by atoms with Gasteiger partial charge < -0.3 is 10.2 Å². The molecule has 16 heavy (non-hydrogen) atoms. The molecule has 0 amide bonds. The summed E-state index contributed by atoms with van der Waals surface area (Å²) in [5.41, 5.74) is -1.63. The molecule has 1 aromatic rings. The number of carbonyl (C=O) groups is 1. The van der Waals surface area contributed by atoms with E-state index >= 15 is 0 Å². The van der Waals surface area contributed by atoms with E-state index in [9.17, 15) is 13.6 Å². The third kappa shape index (κ3) is 2.29. The van der Waals surface area contributed by atoms with Crippen LogP contribution in [0.25, 0.3) is 0 Å². The molecule has 1 aromatic carbocycles. The Morgan fingerprint density at radius 3 is 2.44 bits per heavy atom. The molecule has 0 fully saturated rings. The van der Waals surface area contributed by atoms with Crippen LogP contribution in [0.4, 0.5) is 8.78 Å². The summed E-state index contributed by atoms with van der Waals surface area (Å²) < 4.78 is 27.0. The van der Waals surface area contributed by atoms with E-state index in [1.54, 1.807) is 0 Å². The summed E-state index contributed by atoms with van der Waals surface area (Å²) in [5.74, 6) is -3.81. The van der Waals surface area contributed by atoms with Gasteiger partial charge in [0, 0.05) is 11.0 Å². The fourth-order valence-corrected chi connectivity index (χ4v) is 1.63. The lowest BCUT2D eigenvalue weighted by Gasteiger charge is -2.24. The molecule has 0 atom stereocenters. The summed E-state index contributed by atoms with van der Waals surface area (Å²) in [4.78, 5) is 10.6. The number of phenols is 1. The minimum Gasteiger partial charge on any atom is -0.505 e. The van der Waals surface area contributed by atoms with Crippen molar-refractivity contribution in [2.75, 3.05) is 0 Å². The molecule has 1 rings (SSSR count). The maximum absolute atomic E-state index is 13.5. The van der Waals surface area contributed by atoms with Crippen LogP contribution in [-0.4, -0.2) is 16.2 Å². The van der Waals surface area contributed by atoms with Crippen molar-refractivity contribution in [3.8, 4) is 5.75 Å². The molecule has 0 aliphatic rings. The van der Waals surface area contributed by atoms with Crippen molar-refractivity contribution in [3.05, 3.63) is 29.3 Å². The lowest BCUT2D eigenvalue weighted by molar-refractivity contribution is -0.138. The summed E-state index contributed by atoms with van der Waals surface area (Å²) in [6, 6.07) is 1.81. The zero-order chi connectivity index (χ0) is 12.5. The monoisotopic (exact) mass is 230 g/mol. The number of aliphatic carboxylic acids is 1. The fourth-order valence-electron chi connectivity index (χ4n) is 1.63. The molecule has 0 spiro atoms. The van der Waals surface area contributed by atoms with Crippen LogP contribution >= 0.6 is 0 Å². The Kier molecular flexibility index (Phi) is 3.16. The number of benzene rings is 1. The van der Waals surface area contributed by atoms with Gasteiger partial charge in [0.25, 0.3) is 0 Å². The number of carboxylic acids is 1. The predicted octanol–water partition coefficient (Wildman–Crippen LogP) is 2.42. The number of rotatable bonds is 3. The molecule has 0 radical (unpaired) electrons. The van der Waals surface area contributed by atoms with E-state index in [0.29, 0.717) is 0 Å². The molecule has 5 heteroatoms. The first-order valence-electron chi connectivity index (χ1n) is 4.65. The minimum absolute atomic E-state index is 0.408. The van der Waals surface area contributed by atoms with Gasteiger partial charge in [-0.2, -0.15) is 0 Å². The number of phenolic OH excluding ortho intramolecular Hbond substituents is 1. The Bertz CT molecular complexity index is 427. The van der Waals surface area contributed by atoms with Crippen LogP contribution in [0.5, 0.6) is 5.75 Å². The molecule has 0 aliphatic carbocycles. The Morgan fingerprint density at radius 1 is 1.38 bits per heavy atom. The molecule has 2 N–H and O–H groups in total. The van der Waals surface area contributed by atoms with Gasteiger partial charge in [-0.3, -0.25) is 4.79 Å². The zero-order valence-corrected chi connectivity index (χ0v) is 8.92. The smallest absolute Gasteiger partial charge is 0.304 e. The van der Waals surface area contributed by atoms with Crippen LogP contribution in [0.15, 0.2) is 12.1 Å². The maximum atomic E-state index is 13.5. The van der Waals surface area contributed by atoms with Crippen molar-refractivity contribution in [3.63, 3.8) is 0 Å². The van der Waals surface area contributed by atoms with Gasteiger partial charge in [-0.25, -0.2) is 8.78 Å². The number of hydrogen-bond acceptors (Lipinski definition) is 2. The average molecular weight is 230 g/mol. The molecular weight excluding hydrogens is 218 g/mol. The van der Waals surface area contributed by atoms with Crippen LogP contribution in [0.1, 0.15) is 25.8 Å². The molecule has 0 aromatic heterocycles. The van der Waals surface area contributed by atoms with Crippen molar-refractivity contribution in [2.45, 2.75) is 25.7 Å². The van der Waals surface area contributed by atoms with E-state index in [4.69, 9.17) is 10.2 Å². The van der Waals surface area contributed by atoms with Crippen molar-refractivity contribution in [1.29, 1.82) is 0 Å². The van der Waals surface area contributed by atoms with Crippen molar-refractivity contribution in [1.82, 2.24) is 0 Å². The largest absolute Gasteiger partial charge is 0.505 e. The summed E-state index contributed by atoms with van der Waals surface area (Å²) in [5, 5.41) is 17.8. The van der Waals surface area contributed by atoms with E-state index in [0.717, 1.165) is 12.1 Å². The third-order valence-corrected chi connectivity index (χ3v) is 2.34. The summed E-state index contributed by atoms with van der Waals surface area (Å²) >= 11 is 0. The van der Waals surface area contributed by atoms with E-state index in [1.807, 2.05) is 0 Å². The number of halogens is 2. The number of aromatic hydroxyl groups is 1. The van der Waals surface area contributed by atoms with Crippen LogP contribution in [0.3, 0.4) is 0 Å². The van der Waals surface area contributed by atoms with E-state index in [1.165, 1.54) is 13.8 Å². The second-order valence-electron chi connectivity index (χ2n) is 4.21. The Balaban J connectivity index is 3.31. The average Bonchev–Trinajstić information content (AvgIpc) is 2.09. The molecule has 3 nitrogen and oxygen atoms in total. The maximum Gasteiger partial charge on any atom is 0.304 e. The Labute approximate surface area is 91.3 Å². The SMILES string of the molecule is CC(C)(CC(=O)O)c1c(F)ccc(O)c1F. The van der Waals surface area contributed by atoms with Gasteiger partial charge in [0.15, 0.2) is 11.6 Å². The van der Waals surface area contributed by atoms with Gasteiger partial charge in [0.2, 0.25) is 0 Å². The second kappa shape index (κ2) is 4.08. The predicted molar refractivity (Wildman–Crippen MR) is 53.3 cm³/mol. The van der Waals surface area contributed by atoms with Crippen LogP contribution in [-0.2, 0) is 10.2 Å². The highest BCUT2D eigenvalue weighted by Gasteiger charge is 2.31. The standard InChI is InChI=1S/C11H12F2O3/c1-11(2,5-8(15)16)9-6(12)3-4-7(14)10(9)13/h3-4,14H,5H2,1-2H3,(H,15,16). The van der Waals surface area contributed by atoms with E-state index in [2.05, 4.69) is 0 Å². The van der Waals surface area contributed by atoms with Gasteiger partial charge >= 0.3 is 5.97 Å². The van der Waals surface area contributed by atoms with Gasteiger partial charge in [0.1, 0.15) is 5.82 Å². The van der Waals surface area contributed by atoms with Crippen molar-refractivity contribution >= 4 is 5.97 Å². The summed E-state index contributed by atoms with van der Waals surface area (Å²) in [6.07, 6.45) is -0.426. The quantitative estimate of drug-likeness (QED) is 0.838. The van der Waals surface area contributed by atoms with Crippen LogP contribution < -0.4 is 0 Å². The number of hydrogen-bond donors (Lipinski definition) is 2. The first-order chi connectivity index (χ1) is 7.25. The molecule has 0 bridgehead atoms. The lowest BCUT2D eigenvalue weighted by atomic mass is 9.81. The second-order valence-corrected chi connectivity index (χ2v) is 4.21. The lowest BCUT2D eigenvalue weighted by Crippen LogP contribution is -2.24. The highest BCUT2D eigenvalue weighted by Crippen LogP contribution is 2.34. The highest BCUT2D eigenvalue weighted by molar-refractivity contribution is 5.69. The highest BCUT2D eigenvalue weighted by atomic mass is 19.1. The van der Waals surface area contributed by atoms with E-state index < -0.39 is 40.8 Å². The molecule has 0 heterocycles. The van der Waals surface area contributed by atoms with Crippen LogP contribution in [0.2, 0.25) is 0 Å². The van der Waals surface area contributed by atoms with Gasteiger partial charge in [-0.1, -0.05) is 13.8 Å². The Morgan fingerprint density at radius 2 is 1.94 bits per heavy atom.